The first kappa shape index (κ1) is 21.2. The second kappa shape index (κ2) is 9.85. The monoisotopic (exact) mass is 446 g/mol. The van der Waals surface area contributed by atoms with Gasteiger partial charge in [0.2, 0.25) is 11.8 Å². The molecule has 1 aliphatic heterocycles. The van der Waals surface area contributed by atoms with E-state index >= 15 is 0 Å². The average molecular weight is 447 g/mol. The van der Waals surface area contributed by atoms with Crippen LogP contribution in [0.1, 0.15) is 27.6 Å². The van der Waals surface area contributed by atoms with Gasteiger partial charge in [-0.2, -0.15) is 10.4 Å². The van der Waals surface area contributed by atoms with Gasteiger partial charge in [-0.3, -0.25) is 9.48 Å². The third-order valence-corrected chi connectivity index (χ3v) is 5.88. The second-order valence-corrected chi connectivity index (χ2v) is 8.03. The fourth-order valence-corrected chi connectivity index (χ4v) is 4.26. The number of hydrogen-bond acceptors (Lipinski definition) is 7. The van der Waals surface area contributed by atoms with Crippen molar-refractivity contribution in [2.24, 2.45) is 5.73 Å². The molecule has 3 aromatic rings. The van der Waals surface area contributed by atoms with Gasteiger partial charge in [-0.1, -0.05) is 24.3 Å². The number of allylic oxidation sites excluding steroid dienone is 1. The molecule has 0 spiro atoms. The van der Waals surface area contributed by atoms with E-state index in [1.54, 1.807) is 30.5 Å². The molecule has 4 rings (SSSR count). The third-order valence-electron chi connectivity index (χ3n) is 4.94. The summed E-state index contributed by atoms with van der Waals surface area (Å²) in [6.45, 7) is 1.29. The number of aryl methyl sites for hydroxylation is 1. The number of thiophene rings is 1. The second-order valence-electron chi connectivity index (χ2n) is 7.05. The first-order valence-electron chi connectivity index (χ1n) is 10.1. The molecule has 0 fully saturated rings. The van der Waals surface area contributed by atoms with Crippen LogP contribution in [-0.2, 0) is 11.3 Å². The van der Waals surface area contributed by atoms with Crippen LogP contribution < -0.4 is 16.4 Å². The molecule has 0 saturated carbocycles. The van der Waals surface area contributed by atoms with Gasteiger partial charge < -0.3 is 21.1 Å². The molecule has 3 heterocycles. The lowest BCUT2D eigenvalue weighted by Gasteiger charge is -2.29. The highest BCUT2D eigenvalue weighted by Gasteiger charge is 2.35. The molecule has 1 amide bonds. The third kappa shape index (κ3) is 4.66. The van der Waals surface area contributed by atoms with Crippen molar-refractivity contribution in [2.75, 3.05) is 6.54 Å². The van der Waals surface area contributed by atoms with E-state index < -0.39 is 5.92 Å². The molecule has 32 heavy (non-hydrogen) atoms. The fraction of sp³-hybridized carbons (Fsp3) is 0.174. The van der Waals surface area contributed by atoms with Gasteiger partial charge >= 0.3 is 0 Å². The van der Waals surface area contributed by atoms with Crippen LogP contribution in [0.3, 0.4) is 0 Å². The molecule has 1 aromatic carbocycles. The Balaban J connectivity index is 1.62. The zero-order valence-electron chi connectivity index (χ0n) is 17.2. The van der Waals surface area contributed by atoms with Crippen LogP contribution in [-0.4, -0.2) is 22.2 Å². The first-order chi connectivity index (χ1) is 15.7. The number of nitrogens with two attached hydrogens (primary N) is 1. The molecule has 2 aromatic heterocycles. The fourth-order valence-electron chi connectivity index (χ4n) is 3.42. The van der Waals surface area contributed by atoms with Crippen molar-refractivity contribution >= 4 is 17.2 Å². The van der Waals surface area contributed by atoms with E-state index in [0.29, 0.717) is 23.7 Å². The highest BCUT2D eigenvalue weighted by molar-refractivity contribution is 7.10. The van der Waals surface area contributed by atoms with Gasteiger partial charge in [-0.15, -0.1) is 11.3 Å². The molecule has 4 N–H and O–H groups in total. The molecular formula is C23H22N6O2S. The van der Waals surface area contributed by atoms with Gasteiger partial charge in [-0.05, 0) is 36.1 Å². The van der Waals surface area contributed by atoms with Crippen LogP contribution in [0.2, 0.25) is 0 Å². The Bertz CT molecular complexity index is 1160. The lowest BCUT2D eigenvalue weighted by atomic mass is 9.92. The van der Waals surface area contributed by atoms with Crippen LogP contribution in [0.4, 0.5) is 0 Å². The van der Waals surface area contributed by atoms with Crippen molar-refractivity contribution in [3.8, 4) is 6.07 Å². The molecule has 1 unspecified atom stereocenters. The summed E-state index contributed by atoms with van der Waals surface area (Å²) in [4.78, 5) is 13.8. The van der Waals surface area contributed by atoms with Crippen LogP contribution in [0.5, 0.6) is 0 Å². The number of benzene rings is 1. The van der Waals surface area contributed by atoms with Crippen molar-refractivity contribution < 1.29 is 9.53 Å². The smallest absolute Gasteiger partial charge is 0.255 e. The van der Waals surface area contributed by atoms with Gasteiger partial charge in [0.25, 0.3) is 5.91 Å². The van der Waals surface area contributed by atoms with E-state index in [9.17, 15) is 10.1 Å². The summed E-state index contributed by atoms with van der Waals surface area (Å²) in [5.41, 5.74) is 7.33. The lowest BCUT2D eigenvalue weighted by molar-refractivity contribution is 0.0958. The van der Waals surface area contributed by atoms with Gasteiger partial charge in [0.15, 0.2) is 0 Å². The first-order valence-corrected chi connectivity index (χ1v) is 11.0. The summed E-state index contributed by atoms with van der Waals surface area (Å²) in [7, 11) is 0. The largest absolute Gasteiger partial charge is 0.423 e. The summed E-state index contributed by atoms with van der Waals surface area (Å²) in [6.07, 6.45) is 4.40. The lowest BCUT2D eigenvalue weighted by Crippen LogP contribution is -2.36. The SMILES string of the molecule is N#CC1=C(N)OC(NCCCn2cccn2)=C(NC(=O)c2ccccc2)C1c1cccs1. The quantitative estimate of drug-likeness (QED) is 0.458. The van der Waals surface area contributed by atoms with E-state index in [0.717, 1.165) is 17.8 Å². The zero-order valence-corrected chi connectivity index (χ0v) is 18.0. The Labute approximate surface area is 189 Å². The number of hydrogen-bond donors (Lipinski definition) is 3. The number of aromatic nitrogens is 2. The van der Waals surface area contributed by atoms with Gasteiger partial charge in [0.05, 0.1) is 11.6 Å². The minimum Gasteiger partial charge on any atom is -0.423 e. The standard InChI is InChI=1S/C23H22N6O2S/c24-15-17-19(18-9-4-14-32-18)20(28-22(30)16-7-2-1-3-8-16)23(31-21(17)25)26-10-5-12-29-13-6-11-27-29/h1-4,6-9,11,13-14,19,26H,5,10,12,25H2,(H,28,30). The summed E-state index contributed by atoms with van der Waals surface area (Å²) in [5.74, 6) is -0.461. The highest BCUT2D eigenvalue weighted by Crippen LogP contribution is 2.39. The van der Waals surface area contributed by atoms with E-state index in [4.69, 9.17) is 10.5 Å². The number of nitrogens with zero attached hydrogens (tertiary/aromatic N) is 3. The summed E-state index contributed by atoms with van der Waals surface area (Å²) in [5, 5.41) is 22.1. The summed E-state index contributed by atoms with van der Waals surface area (Å²) >= 11 is 1.48. The predicted molar refractivity (Wildman–Crippen MR) is 121 cm³/mol. The molecular weight excluding hydrogens is 424 g/mol. The van der Waals surface area contributed by atoms with E-state index in [1.807, 2.05) is 40.5 Å². The van der Waals surface area contributed by atoms with Crippen LogP contribution >= 0.6 is 11.3 Å². The Hall–Kier alpha value is -4.03. The molecule has 1 aliphatic rings. The molecule has 1 atom stereocenters. The Morgan fingerprint density at radius 2 is 2.09 bits per heavy atom. The molecule has 0 aliphatic carbocycles. The number of amides is 1. The van der Waals surface area contributed by atoms with Crippen molar-refractivity contribution in [1.29, 1.82) is 5.26 Å². The maximum absolute atomic E-state index is 13.0. The Morgan fingerprint density at radius 1 is 1.25 bits per heavy atom. The van der Waals surface area contributed by atoms with Gasteiger partial charge in [0, 0.05) is 35.9 Å². The van der Waals surface area contributed by atoms with Crippen LogP contribution in [0.15, 0.2) is 89.3 Å². The number of carbonyl (C=O) groups excluding carboxylic acids is 1. The molecule has 0 saturated heterocycles. The Morgan fingerprint density at radius 3 is 2.78 bits per heavy atom. The predicted octanol–water partition coefficient (Wildman–Crippen LogP) is 3.03. The molecule has 9 heteroatoms. The van der Waals surface area contributed by atoms with Gasteiger partial charge in [-0.25, -0.2) is 0 Å². The number of nitriles is 1. The van der Waals surface area contributed by atoms with Crippen molar-refractivity contribution in [3.63, 3.8) is 0 Å². The van der Waals surface area contributed by atoms with E-state index in [2.05, 4.69) is 21.8 Å². The normalized spacial score (nSPS) is 15.8. The number of rotatable bonds is 8. The van der Waals surface area contributed by atoms with E-state index in [1.165, 1.54) is 11.3 Å². The minimum absolute atomic E-state index is 0.0261. The molecule has 0 radical (unpaired) electrons. The molecule has 0 bridgehead atoms. The Kier molecular flexibility index (Phi) is 6.53. The number of carbonyl (C=O) groups is 1. The van der Waals surface area contributed by atoms with E-state index in [-0.39, 0.29) is 17.4 Å². The average Bonchev–Trinajstić information content (AvgIpc) is 3.53. The maximum Gasteiger partial charge on any atom is 0.255 e. The minimum atomic E-state index is -0.532. The van der Waals surface area contributed by atoms with Crippen molar-refractivity contribution in [2.45, 2.75) is 18.9 Å². The van der Waals surface area contributed by atoms with Gasteiger partial charge in [0.1, 0.15) is 11.6 Å². The van der Waals surface area contributed by atoms with Crippen molar-refractivity contribution in [3.05, 3.63) is 99.8 Å². The van der Waals surface area contributed by atoms with Crippen LogP contribution in [0, 0.1) is 11.3 Å². The molecule has 162 valence electrons. The van der Waals surface area contributed by atoms with Crippen molar-refractivity contribution in [1.82, 2.24) is 20.4 Å². The summed E-state index contributed by atoms with van der Waals surface area (Å²) < 4.78 is 7.62. The maximum atomic E-state index is 13.0. The number of nitrogens with one attached hydrogen (secondary N) is 2. The summed E-state index contributed by atoms with van der Waals surface area (Å²) in [6, 6.07) is 16.7. The van der Waals surface area contributed by atoms with Crippen LogP contribution in [0.25, 0.3) is 0 Å². The molecule has 8 nitrogen and oxygen atoms in total. The topological polar surface area (TPSA) is 118 Å². The number of ether oxygens (including phenoxy) is 1. The zero-order chi connectivity index (χ0) is 22.3. The highest BCUT2D eigenvalue weighted by atomic mass is 32.1.